The van der Waals surface area contributed by atoms with Gasteiger partial charge in [0, 0.05) is 75.1 Å². The quantitative estimate of drug-likeness (QED) is 0.146. The van der Waals surface area contributed by atoms with Crippen LogP contribution in [0.4, 0.5) is 35.1 Å². The number of likely N-dealkylation sites (N-methyl/N-ethyl adjacent to an activating group) is 6. The Morgan fingerprint density at radius 1 is 0.570 bits per heavy atom. The lowest BCUT2D eigenvalue weighted by Gasteiger charge is -2.47. The minimum absolute atomic E-state index is 0.00991. The van der Waals surface area contributed by atoms with Gasteiger partial charge in [-0.05, 0) is 170 Å². The Morgan fingerprint density at radius 2 is 1.18 bits per heavy atom. The van der Waals surface area contributed by atoms with E-state index in [-0.39, 0.29) is 135 Å². The molecule has 9 rings (SSSR count). The van der Waals surface area contributed by atoms with Gasteiger partial charge in [0.2, 0.25) is 70.9 Å². The van der Waals surface area contributed by atoms with Gasteiger partial charge in [-0.25, -0.2) is 8.78 Å². The van der Waals surface area contributed by atoms with E-state index in [1.807, 2.05) is 13.8 Å². The molecule has 0 radical (unpaired) electrons. The highest BCUT2D eigenvalue weighted by atomic mass is 19.4. The lowest BCUT2D eigenvalue weighted by Crippen LogP contribution is -2.69. The average Bonchev–Trinajstić information content (AvgIpc) is 1.23. The number of nitrogens with one attached hydrogen (secondary N) is 3. The minimum atomic E-state index is -5.22. The van der Waals surface area contributed by atoms with Crippen molar-refractivity contribution in [1.82, 2.24) is 60.0 Å². The Balaban J connectivity index is 1.12. The van der Waals surface area contributed by atoms with E-state index < -0.39 is 230 Å². The van der Waals surface area contributed by atoms with Gasteiger partial charge >= 0.3 is 12.4 Å². The van der Waals surface area contributed by atoms with E-state index in [0.29, 0.717) is 44.9 Å². The number of rotatable bonds is 14. The van der Waals surface area contributed by atoms with Crippen molar-refractivity contribution in [3.63, 3.8) is 0 Å². The van der Waals surface area contributed by atoms with Crippen molar-refractivity contribution in [2.75, 3.05) is 101 Å². The average molecular weight is 1630 g/mol. The van der Waals surface area contributed by atoms with Gasteiger partial charge in [0.15, 0.2) is 0 Å². The second-order valence-electron chi connectivity index (χ2n) is 34.8. The number of morpholine rings is 1. The van der Waals surface area contributed by atoms with E-state index in [4.69, 9.17) is 9.47 Å². The van der Waals surface area contributed by atoms with Crippen LogP contribution in [0.15, 0.2) is 0 Å². The van der Waals surface area contributed by atoms with Crippen LogP contribution in [-0.4, -0.2) is 301 Å². The predicted octanol–water partition coefficient (Wildman–Crippen LogP) is 7.13. The van der Waals surface area contributed by atoms with Gasteiger partial charge in [0.25, 0.3) is 0 Å². The second kappa shape index (κ2) is 39.5. The largest absolute Gasteiger partial charge is 0.397 e. The fraction of sp³-hybridized carbons (Fsp3) is 0.850. The van der Waals surface area contributed by atoms with Crippen LogP contribution < -0.4 is 16.0 Å². The van der Waals surface area contributed by atoms with Crippen molar-refractivity contribution in [3.05, 3.63) is 0 Å². The summed E-state index contributed by atoms with van der Waals surface area (Å²) in [7, 11) is 8.15. The third kappa shape index (κ3) is 21.8. The Kier molecular flexibility index (Phi) is 31.5. The van der Waals surface area contributed by atoms with Gasteiger partial charge < -0.3 is 69.5 Å². The maximum atomic E-state index is 15.9. The molecule has 1 spiro atoms. The molecule has 4 saturated heterocycles. The van der Waals surface area contributed by atoms with Gasteiger partial charge in [-0.3, -0.25) is 57.5 Å². The van der Waals surface area contributed by atoms with Crippen LogP contribution in [0, 0.1) is 47.3 Å². The number of alkyl halides is 8. The molecule has 5 saturated carbocycles. The first-order valence-corrected chi connectivity index (χ1v) is 41.7. The molecule has 3 N–H and O–H groups in total. The third-order valence-electron chi connectivity index (χ3n) is 26.5. The Bertz CT molecular complexity index is 3370. The first-order chi connectivity index (χ1) is 53.8. The number of halogens is 8. The summed E-state index contributed by atoms with van der Waals surface area (Å²) >= 11 is 0. The molecule has 644 valence electrons. The number of carbonyl (C=O) groups excluding carboxylic acids is 12. The number of hydrogen-bond donors (Lipinski definition) is 3. The van der Waals surface area contributed by atoms with E-state index in [9.17, 15) is 40.7 Å². The maximum Gasteiger partial charge on any atom is 0.397 e. The zero-order valence-corrected chi connectivity index (χ0v) is 68.2. The van der Waals surface area contributed by atoms with Gasteiger partial charge in [0.05, 0.1) is 44.7 Å². The molecule has 2 bridgehead atoms. The van der Waals surface area contributed by atoms with Crippen molar-refractivity contribution in [2.24, 2.45) is 47.3 Å². The molecule has 4 heterocycles. The van der Waals surface area contributed by atoms with E-state index >= 15 is 51.9 Å². The van der Waals surface area contributed by atoms with Crippen molar-refractivity contribution in [1.29, 1.82) is 0 Å². The molecule has 9 fully saturated rings. The molecule has 9 aliphatic rings. The fourth-order valence-electron chi connectivity index (χ4n) is 19.1. The summed E-state index contributed by atoms with van der Waals surface area (Å²) in [5.74, 6) is -16.7. The summed E-state index contributed by atoms with van der Waals surface area (Å²) in [6, 6.07) is -11.4. The van der Waals surface area contributed by atoms with Gasteiger partial charge in [-0.1, -0.05) is 59.8 Å². The van der Waals surface area contributed by atoms with Gasteiger partial charge in [0.1, 0.15) is 72.1 Å². The number of carbonyl (C=O) groups is 12. The van der Waals surface area contributed by atoms with Crippen LogP contribution >= 0.6 is 0 Å². The van der Waals surface area contributed by atoms with Crippen molar-refractivity contribution in [2.45, 2.75) is 286 Å². The van der Waals surface area contributed by atoms with E-state index in [2.05, 4.69) is 16.0 Å². The van der Waals surface area contributed by atoms with E-state index in [1.54, 1.807) is 13.8 Å². The zero-order valence-electron chi connectivity index (χ0n) is 68.2. The van der Waals surface area contributed by atoms with Crippen LogP contribution in [0.5, 0.6) is 0 Å². The molecule has 34 heteroatoms. The number of hydrogen-bond acceptors (Lipinski definition) is 14. The highest BCUT2D eigenvalue weighted by Gasteiger charge is 2.57. The highest BCUT2D eigenvalue weighted by Crippen LogP contribution is 2.46. The molecule has 0 aromatic rings. The zero-order chi connectivity index (χ0) is 83.6. The molecular weight excluding hydrogens is 1500 g/mol. The van der Waals surface area contributed by atoms with E-state index in [0.717, 1.165) is 40.4 Å². The predicted molar refractivity (Wildman–Crippen MR) is 402 cm³/mol. The van der Waals surface area contributed by atoms with Crippen molar-refractivity contribution >= 4 is 70.9 Å². The lowest BCUT2D eigenvalue weighted by atomic mass is 9.74. The van der Waals surface area contributed by atoms with E-state index in [1.165, 1.54) is 71.7 Å². The normalized spacial score (nSPS) is 32.4. The molecule has 0 aromatic carbocycles. The summed E-state index contributed by atoms with van der Waals surface area (Å²) in [6.45, 7) is 6.09. The first kappa shape index (κ1) is 90.9. The second-order valence-corrected chi connectivity index (χ2v) is 34.8. The third-order valence-corrected chi connectivity index (χ3v) is 26.5. The van der Waals surface area contributed by atoms with Crippen LogP contribution in [0.1, 0.15) is 201 Å². The van der Waals surface area contributed by atoms with Crippen LogP contribution in [-0.2, 0) is 67.0 Å². The smallest absolute Gasteiger partial charge is 0.378 e. The summed E-state index contributed by atoms with van der Waals surface area (Å²) in [5, 5.41) is 8.58. The summed E-state index contributed by atoms with van der Waals surface area (Å²) < 4.78 is 128. The summed E-state index contributed by atoms with van der Waals surface area (Å²) in [4.78, 5) is 195. The molecule has 0 aromatic heterocycles. The highest BCUT2D eigenvalue weighted by molar-refractivity contribution is 6.01. The lowest BCUT2D eigenvalue weighted by molar-refractivity contribution is -0.219. The van der Waals surface area contributed by atoms with Crippen molar-refractivity contribution < 1.29 is 102 Å². The SMILES string of the molecule is CC[C@H](C)[C@@H]1NC(=O)[C@H](CC(C)C)N(C)C(=O)C[C@@H](C(=O)N2CCOCC2)N(C)C(=O)[C@H](C2CCCC2)N(C)C(=O)C2(CCC2)NC(=O)[C@@H]2[C@@H](OCC3CCCC3)CCN2C(=O)[C@H](CCC2CC(F)C(C(F)(F)F)C(F)C2)NC(=O)CN(C)C(=O)[C@H](CC2CCC(C(F)(F)F)CC2)N2CCCC[C@@H](C2=O)N(C)C(=O)CN(C)C1=O. The molecule has 12 amide bonds. The summed E-state index contributed by atoms with van der Waals surface area (Å²) in [5.41, 5.74) is -1.72. The molecule has 2 unspecified atom stereocenters. The monoisotopic (exact) mass is 1630 g/mol. The standard InChI is InChI=1S/C80H124F8N12O14/c1-11-48(4)66-75(110)93(6)45-64(103)94(7)57-23-16-17-33-99(74(57)109)60(42-49-24-27-53(28-25-49)79(83,84)85)72(107)92(5)44-62(101)89-56(29-26-51-40-54(81)65(55(82)41-51)80(86,87)88)71(106)100-34-30-61(114-46-50-19-12-13-20-50)68(100)70(105)91-78(31-18-32-78)77(112)97(10)67(52-21-14-15-22-52)76(111)96(9)59(73(108)98-35-37-113-38-36-98)43-63(102)95(8)58(39-47(2)3)69(104)90-66/h47-61,65-68H,11-46H2,1-10H3,(H,89,101)(H,90,104)(H,91,105)/t48-,49?,51?,53?,54?,55?,56-,57-,58-,59-,60-,61-,65?,66-,67-,68-/m0/s1. The molecule has 26 nitrogen and oxygen atoms in total. The number of amides is 12. The number of ether oxygens (including phenoxy) is 2. The Morgan fingerprint density at radius 3 is 1.77 bits per heavy atom. The molecular formula is C80H124F8N12O14. The maximum absolute atomic E-state index is 15.9. The van der Waals surface area contributed by atoms with Crippen LogP contribution in [0.25, 0.3) is 0 Å². The fourth-order valence-corrected chi connectivity index (χ4v) is 19.1. The van der Waals surface area contributed by atoms with Crippen LogP contribution in [0.2, 0.25) is 0 Å². The minimum Gasteiger partial charge on any atom is -0.378 e. The molecule has 12 atom stereocenters. The first-order valence-electron chi connectivity index (χ1n) is 41.7. The molecule has 4 aliphatic heterocycles. The molecule has 114 heavy (non-hydrogen) atoms. The van der Waals surface area contributed by atoms with Gasteiger partial charge in [-0.2, -0.15) is 26.3 Å². The number of fused-ring (bicyclic) bond motifs is 3. The molecule has 5 aliphatic carbocycles. The topological polar surface area (TPSA) is 289 Å². The van der Waals surface area contributed by atoms with Crippen molar-refractivity contribution in [3.8, 4) is 0 Å². The Labute approximate surface area is 664 Å². The number of nitrogens with zero attached hydrogens (tertiary/aromatic N) is 9. The van der Waals surface area contributed by atoms with Crippen LogP contribution in [0.3, 0.4) is 0 Å². The Hall–Kier alpha value is -7.00. The van der Waals surface area contributed by atoms with Gasteiger partial charge in [-0.15, -0.1) is 0 Å². The summed E-state index contributed by atoms with van der Waals surface area (Å²) in [6.07, 6.45) is -12.3.